The molecule has 2 aromatic rings. The minimum atomic E-state index is -0.396. The number of aryl methyl sites for hydroxylation is 1. The van der Waals surface area contributed by atoms with E-state index in [0.29, 0.717) is 13.2 Å². The van der Waals surface area contributed by atoms with E-state index in [1.165, 1.54) is 6.07 Å². The number of amides is 1. The Hall–Kier alpha value is -2.67. The molecule has 2 N–H and O–H groups in total. The number of anilines is 1. The number of carbonyl (C=O) groups excluding carboxylic acids is 1. The quantitative estimate of drug-likeness (QED) is 0.873. The molecular formula is C18H22N4O3. The van der Waals surface area contributed by atoms with Crippen LogP contribution in [0.25, 0.3) is 0 Å². The van der Waals surface area contributed by atoms with Gasteiger partial charge in [0.1, 0.15) is 11.4 Å². The SMILES string of the molecule is Cc1ccc(C(=O)NCc2ccc(N3CCO[C@H](C)C3)nc2)c(=O)[nH]1. The first kappa shape index (κ1) is 17.2. The molecule has 2 aromatic heterocycles. The van der Waals surface area contributed by atoms with Gasteiger partial charge >= 0.3 is 0 Å². The fourth-order valence-electron chi connectivity index (χ4n) is 2.76. The van der Waals surface area contributed by atoms with E-state index >= 15 is 0 Å². The number of hydrogen-bond acceptors (Lipinski definition) is 5. The third kappa shape index (κ3) is 4.24. The van der Waals surface area contributed by atoms with Gasteiger partial charge in [-0.05, 0) is 37.6 Å². The zero-order chi connectivity index (χ0) is 17.8. The molecule has 1 atom stereocenters. The summed E-state index contributed by atoms with van der Waals surface area (Å²) >= 11 is 0. The summed E-state index contributed by atoms with van der Waals surface area (Å²) in [4.78, 5) is 33.2. The van der Waals surface area contributed by atoms with Crippen LogP contribution in [-0.4, -0.2) is 41.7 Å². The Kier molecular flexibility index (Phi) is 5.14. The molecule has 7 nitrogen and oxygen atoms in total. The molecule has 1 saturated heterocycles. The molecule has 0 unspecified atom stereocenters. The molecule has 3 rings (SSSR count). The summed E-state index contributed by atoms with van der Waals surface area (Å²) in [6.45, 7) is 6.47. The van der Waals surface area contributed by atoms with Crippen LogP contribution >= 0.6 is 0 Å². The number of rotatable bonds is 4. The Morgan fingerprint density at radius 3 is 2.92 bits per heavy atom. The number of aromatic amines is 1. The van der Waals surface area contributed by atoms with Crippen molar-refractivity contribution in [2.75, 3.05) is 24.6 Å². The number of ether oxygens (including phenoxy) is 1. The van der Waals surface area contributed by atoms with Gasteiger partial charge in [-0.15, -0.1) is 0 Å². The number of nitrogens with zero attached hydrogens (tertiary/aromatic N) is 2. The zero-order valence-electron chi connectivity index (χ0n) is 14.4. The molecule has 0 spiro atoms. The van der Waals surface area contributed by atoms with Gasteiger partial charge in [0.2, 0.25) is 0 Å². The summed E-state index contributed by atoms with van der Waals surface area (Å²) in [7, 11) is 0. The lowest BCUT2D eigenvalue weighted by atomic mass is 10.2. The van der Waals surface area contributed by atoms with Crippen LogP contribution in [0.3, 0.4) is 0 Å². The highest BCUT2D eigenvalue weighted by atomic mass is 16.5. The van der Waals surface area contributed by atoms with Crippen LogP contribution < -0.4 is 15.8 Å². The Morgan fingerprint density at radius 1 is 1.40 bits per heavy atom. The van der Waals surface area contributed by atoms with E-state index < -0.39 is 5.91 Å². The molecule has 7 heteroatoms. The zero-order valence-corrected chi connectivity index (χ0v) is 14.4. The van der Waals surface area contributed by atoms with Crippen molar-refractivity contribution in [2.45, 2.75) is 26.5 Å². The Morgan fingerprint density at radius 2 is 2.24 bits per heavy atom. The number of carbonyl (C=O) groups is 1. The highest BCUT2D eigenvalue weighted by Gasteiger charge is 2.17. The first-order chi connectivity index (χ1) is 12.0. The standard InChI is InChI=1S/C18H22N4O3/c1-12-3-5-15(18(24)21-12)17(23)20-10-14-4-6-16(19-9-14)22-7-8-25-13(2)11-22/h3-6,9,13H,7-8,10-11H2,1-2H3,(H,20,23)(H,21,24)/t13-/m1/s1. The minimum Gasteiger partial charge on any atom is -0.375 e. The van der Waals surface area contributed by atoms with Crippen molar-refractivity contribution in [3.8, 4) is 0 Å². The number of aromatic nitrogens is 2. The number of morpholine rings is 1. The molecule has 0 radical (unpaired) electrons. The van der Waals surface area contributed by atoms with Crippen molar-refractivity contribution < 1.29 is 9.53 Å². The van der Waals surface area contributed by atoms with Crippen LogP contribution in [0.2, 0.25) is 0 Å². The predicted molar refractivity (Wildman–Crippen MR) is 94.8 cm³/mol. The lowest BCUT2D eigenvalue weighted by molar-refractivity contribution is 0.0529. The van der Waals surface area contributed by atoms with Gasteiger partial charge in [0.15, 0.2) is 0 Å². The second-order valence-electron chi connectivity index (χ2n) is 6.22. The summed E-state index contributed by atoms with van der Waals surface area (Å²) in [5.41, 5.74) is 1.32. The summed E-state index contributed by atoms with van der Waals surface area (Å²) in [5, 5.41) is 2.75. The molecular weight excluding hydrogens is 320 g/mol. The third-order valence-corrected chi connectivity index (χ3v) is 4.13. The maximum atomic E-state index is 12.1. The van der Waals surface area contributed by atoms with E-state index in [2.05, 4.69) is 20.2 Å². The Balaban J connectivity index is 1.60. The number of hydrogen-bond donors (Lipinski definition) is 2. The molecule has 3 heterocycles. The highest BCUT2D eigenvalue weighted by Crippen LogP contribution is 2.15. The van der Waals surface area contributed by atoms with E-state index in [1.54, 1.807) is 19.2 Å². The van der Waals surface area contributed by atoms with Crippen LogP contribution in [0, 0.1) is 6.92 Å². The summed E-state index contributed by atoms with van der Waals surface area (Å²) in [6, 6.07) is 7.11. The van der Waals surface area contributed by atoms with Crippen LogP contribution in [0.1, 0.15) is 28.5 Å². The van der Waals surface area contributed by atoms with E-state index in [1.807, 2.05) is 19.1 Å². The third-order valence-electron chi connectivity index (χ3n) is 4.13. The van der Waals surface area contributed by atoms with E-state index in [0.717, 1.165) is 30.2 Å². The second kappa shape index (κ2) is 7.48. The van der Waals surface area contributed by atoms with Crippen molar-refractivity contribution >= 4 is 11.7 Å². The van der Waals surface area contributed by atoms with Gasteiger partial charge in [0, 0.05) is 31.5 Å². The molecule has 132 valence electrons. The van der Waals surface area contributed by atoms with Crippen molar-refractivity contribution in [3.05, 3.63) is 57.6 Å². The van der Waals surface area contributed by atoms with Crippen LogP contribution in [0.4, 0.5) is 5.82 Å². The summed E-state index contributed by atoms with van der Waals surface area (Å²) in [6.07, 6.45) is 1.94. The first-order valence-corrected chi connectivity index (χ1v) is 8.32. The highest BCUT2D eigenvalue weighted by molar-refractivity contribution is 5.93. The van der Waals surface area contributed by atoms with Gasteiger partial charge in [0.05, 0.1) is 12.7 Å². The average Bonchev–Trinajstić information content (AvgIpc) is 2.60. The van der Waals surface area contributed by atoms with Crippen molar-refractivity contribution in [2.24, 2.45) is 0 Å². The smallest absolute Gasteiger partial charge is 0.260 e. The van der Waals surface area contributed by atoms with E-state index in [4.69, 9.17) is 4.74 Å². The molecule has 0 aliphatic carbocycles. The van der Waals surface area contributed by atoms with Crippen LogP contribution in [-0.2, 0) is 11.3 Å². The fourth-order valence-corrected chi connectivity index (χ4v) is 2.76. The van der Waals surface area contributed by atoms with Crippen molar-refractivity contribution in [1.82, 2.24) is 15.3 Å². The first-order valence-electron chi connectivity index (χ1n) is 8.32. The number of pyridine rings is 2. The fraction of sp³-hybridized carbons (Fsp3) is 0.389. The maximum absolute atomic E-state index is 12.1. The van der Waals surface area contributed by atoms with E-state index in [9.17, 15) is 9.59 Å². The minimum absolute atomic E-state index is 0.109. The monoisotopic (exact) mass is 342 g/mol. The molecule has 0 bridgehead atoms. The normalized spacial score (nSPS) is 17.4. The van der Waals surface area contributed by atoms with Crippen molar-refractivity contribution in [1.29, 1.82) is 0 Å². The lowest BCUT2D eigenvalue weighted by Crippen LogP contribution is -2.41. The molecule has 0 aromatic carbocycles. The maximum Gasteiger partial charge on any atom is 0.260 e. The summed E-state index contributed by atoms with van der Waals surface area (Å²) < 4.78 is 5.53. The van der Waals surface area contributed by atoms with Gasteiger partial charge in [0.25, 0.3) is 11.5 Å². The van der Waals surface area contributed by atoms with Gasteiger partial charge in [-0.2, -0.15) is 0 Å². The van der Waals surface area contributed by atoms with Crippen LogP contribution in [0.15, 0.2) is 35.3 Å². The van der Waals surface area contributed by atoms with Gasteiger partial charge < -0.3 is 19.9 Å². The van der Waals surface area contributed by atoms with E-state index in [-0.39, 0.29) is 17.2 Å². The molecule has 1 aliphatic heterocycles. The van der Waals surface area contributed by atoms with Gasteiger partial charge in [-0.3, -0.25) is 9.59 Å². The van der Waals surface area contributed by atoms with Gasteiger partial charge in [-0.1, -0.05) is 6.07 Å². The molecule has 1 fully saturated rings. The molecule has 1 aliphatic rings. The Bertz CT molecular complexity index is 801. The second-order valence-corrected chi connectivity index (χ2v) is 6.22. The summed E-state index contributed by atoms with van der Waals surface area (Å²) in [5.74, 6) is 0.507. The van der Waals surface area contributed by atoms with Crippen molar-refractivity contribution in [3.63, 3.8) is 0 Å². The lowest BCUT2D eigenvalue weighted by Gasteiger charge is -2.32. The molecule has 0 saturated carbocycles. The predicted octanol–water partition coefficient (Wildman–Crippen LogP) is 1.23. The molecule has 25 heavy (non-hydrogen) atoms. The number of H-pyrrole nitrogens is 1. The van der Waals surface area contributed by atoms with Crippen LogP contribution in [0.5, 0.6) is 0 Å². The topological polar surface area (TPSA) is 87.3 Å². The Labute approximate surface area is 146 Å². The largest absolute Gasteiger partial charge is 0.375 e. The number of nitrogens with one attached hydrogen (secondary N) is 2. The van der Waals surface area contributed by atoms with Gasteiger partial charge in [-0.25, -0.2) is 4.98 Å². The average molecular weight is 342 g/mol. The molecule has 1 amide bonds.